The van der Waals surface area contributed by atoms with Gasteiger partial charge in [0.15, 0.2) is 0 Å². The fraction of sp³-hybridized carbons (Fsp3) is 0.357. The third-order valence-electron chi connectivity index (χ3n) is 2.89. The van der Waals surface area contributed by atoms with Crippen molar-refractivity contribution in [2.24, 2.45) is 5.92 Å². The molecule has 1 atom stereocenters. The second kappa shape index (κ2) is 6.97. The highest BCUT2D eigenvalue weighted by molar-refractivity contribution is 9.11. The van der Waals surface area contributed by atoms with E-state index < -0.39 is 0 Å². The summed E-state index contributed by atoms with van der Waals surface area (Å²) in [5.41, 5.74) is 1.03. The Balaban J connectivity index is 2.07. The summed E-state index contributed by atoms with van der Waals surface area (Å²) in [6, 6.07) is 6.69. The fourth-order valence-electron chi connectivity index (χ4n) is 1.91. The topological polar surface area (TPSA) is 24.9 Å². The van der Waals surface area contributed by atoms with Gasteiger partial charge in [0, 0.05) is 32.6 Å². The molecule has 2 rings (SSSR count). The molecular weight excluding hydrogens is 388 g/mol. The van der Waals surface area contributed by atoms with E-state index in [2.05, 4.69) is 73.5 Å². The van der Waals surface area contributed by atoms with Crippen LogP contribution < -0.4 is 5.32 Å². The Hall–Kier alpha value is -0.230. The normalized spacial score (nSPS) is 12.9. The van der Waals surface area contributed by atoms with Gasteiger partial charge < -0.3 is 5.32 Å². The molecular formula is C14H16Br2N2S. The molecule has 0 saturated carbocycles. The van der Waals surface area contributed by atoms with E-state index in [0.29, 0.717) is 12.0 Å². The van der Waals surface area contributed by atoms with Crippen LogP contribution in [-0.4, -0.2) is 4.98 Å². The van der Waals surface area contributed by atoms with Crippen molar-refractivity contribution in [3.63, 3.8) is 0 Å². The van der Waals surface area contributed by atoms with Crippen molar-refractivity contribution in [3.8, 4) is 0 Å². The minimum atomic E-state index is 0.373. The van der Waals surface area contributed by atoms with Gasteiger partial charge in [-0.15, -0.1) is 11.3 Å². The predicted molar refractivity (Wildman–Crippen MR) is 88.4 cm³/mol. The van der Waals surface area contributed by atoms with Crippen molar-refractivity contribution >= 4 is 43.2 Å². The summed E-state index contributed by atoms with van der Waals surface area (Å²) in [5.74, 6) is 0.549. The number of pyridine rings is 1. The minimum Gasteiger partial charge on any atom is -0.303 e. The van der Waals surface area contributed by atoms with Crippen molar-refractivity contribution in [1.82, 2.24) is 10.3 Å². The summed E-state index contributed by atoms with van der Waals surface area (Å²) in [4.78, 5) is 5.82. The molecule has 2 aromatic rings. The number of nitrogens with one attached hydrogen (secondary N) is 1. The SMILES string of the molecule is CC(C)C(NCc1ncc(Br)cc1Br)c1cccs1. The average Bonchev–Trinajstić information content (AvgIpc) is 2.85. The Morgan fingerprint density at radius 3 is 2.74 bits per heavy atom. The molecule has 0 aromatic carbocycles. The highest BCUT2D eigenvalue weighted by Crippen LogP contribution is 2.27. The number of hydrogen-bond donors (Lipinski definition) is 1. The number of halogens is 2. The number of aromatic nitrogens is 1. The van der Waals surface area contributed by atoms with Crippen molar-refractivity contribution in [1.29, 1.82) is 0 Å². The molecule has 1 N–H and O–H groups in total. The van der Waals surface area contributed by atoms with Gasteiger partial charge in [-0.05, 0) is 55.3 Å². The molecule has 0 aliphatic rings. The van der Waals surface area contributed by atoms with Gasteiger partial charge in [-0.3, -0.25) is 4.98 Å². The molecule has 0 amide bonds. The molecule has 2 aromatic heterocycles. The summed E-state index contributed by atoms with van der Waals surface area (Å²) >= 11 is 8.77. The summed E-state index contributed by atoms with van der Waals surface area (Å²) < 4.78 is 2.02. The van der Waals surface area contributed by atoms with E-state index in [4.69, 9.17) is 0 Å². The first-order valence-corrected chi connectivity index (χ1v) is 8.61. The molecule has 102 valence electrons. The first kappa shape index (κ1) is 15.2. The summed E-state index contributed by atoms with van der Waals surface area (Å²) in [7, 11) is 0. The van der Waals surface area contributed by atoms with E-state index in [-0.39, 0.29) is 0 Å². The first-order valence-electron chi connectivity index (χ1n) is 6.14. The molecule has 1 unspecified atom stereocenters. The quantitative estimate of drug-likeness (QED) is 0.746. The molecule has 0 spiro atoms. The molecule has 0 radical (unpaired) electrons. The van der Waals surface area contributed by atoms with E-state index in [0.717, 1.165) is 21.2 Å². The summed E-state index contributed by atoms with van der Waals surface area (Å²) in [5, 5.41) is 5.73. The molecule has 0 saturated heterocycles. The van der Waals surface area contributed by atoms with Crippen LogP contribution in [0.5, 0.6) is 0 Å². The minimum absolute atomic E-state index is 0.373. The van der Waals surface area contributed by atoms with Crippen LogP contribution in [0.1, 0.15) is 30.5 Å². The zero-order valence-electron chi connectivity index (χ0n) is 10.9. The maximum atomic E-state index is 4.44. The van der Waals surface area contributed by atoms with Crippen LogP contribution in [0.4, 0.5) is 0 Å². The van der Waals surface area contributed by atoms with Gasteiger partial charge in [0.05, 0.1) is 5.69 Å². The van der Waals surface area contributed by atoms with Gasteiger partial charge in [-0.2, -0.15) is 0 Å². The van der Waals surface area contributed by atoms with Crippen molar-refractivity contribution in [2.45, 2.75) is 26.4 Å². The van der Waals surface area contributed by atoms with Crippen LogP contribution in [0.15, 0.2) is 38.7 Å². The standard InChI is InChI=1S/C14H16Br2N2S/c1-9(2)14(13-4-3-5-19-13)18-8-12-11(16)6-10(15)7-17-12/h3-7,9,14,18H,8H2,1-2H3. The van der Waals surface area contributed by atoms with Crippen molar-refractivity contribution < 1.29 is 0 Å². The van der Waals surface area contributed by atoms with Crippen molar-refractivity contribution in [3.05, 3.63) is 49.3 Å². The molecule has 19 heavy (non-hydrogen) atoms. The van der Waals surface area contributed by atoms with Crippen LogP contribution in [0, 0.1) is 5.92 Å². The van der Waals surface area contributed by atoms with E-state index in [1.54, 1.807) is 11.3 Å². The Kier molecular flexibility index (Phi) is 5.57. The second-order valence-corrected chi connectivity index (χ2v) is 7.45. The maximum Gasteiger partial charge on any atom is 0.0684 e. The zero-order chi connectivity index (χ0) is 13.8. The van der Waals surface area contributed by atoms with Crippen LogP contribution in [-0.2, 0) is 6.54 Å². The van der Waals surface area contributed by atoms with Gasteiger partial charge >= 0.3 is 0 Å². The Bertz CT molecular complexity index is 526. The lowest BCUT2D eigenvalue weighted by atomic mass is 10.0. The van der Waals surface area contributed by atoms with Crippen LogP contribution in [0.2, 0.25) is 0 Å². The maximum absolute atomic E-state index is 4.44. The predicted octanol–water partition coefficient (Wildman–Crippen LogP) is 5.16. The second-order valence-electron chi connectivity index (χ2n) is 4.70. The highest BCUT2D eigenvalue weighted by Gasteiger charge is 2.16. The number of thiophene rings is 1. The van der Waals surface area contributed by atoms with Crippen LogP contribution in [0.3, 0.4) is 0 Å². The molecule has 2 nitrogen and oxygen atoms in total. The van der Waals surface area contributed by atoms with Gasteiger partial charge in [-0.25, -0.2) is 0 Å². The highest BCUT2D eigenvalue weighted by atomic mass is 79.9. The van der Waals surface area contributed by atoms with Crippen LogP contribution >= 0.6 is 43.2 Å². The van der Waals surface area contributed by atoms with E-state index in [9.17, 15) is 0 Å². The van der Waals surface area contributed by atoms with Gasteiger partial charge in [-0.1, -0.05) is 19.9 Å². The van der Waals surface area contributed by atoms with Crippen LogP contribution in [0.25, 0.3) is 0 Å². The number of nitrogens with zero attached hydrogens (tertiary/aromatic N) is 1. The third-order valence-corrected chi connectivity index (χ3v) is 4.97. The molecule has 0 bridgehead atoms. The monoisotopic (exact) mass is 402 g/mol. The van der Waals surface area contributed by atoms with E-state index >= 15 is 0 Å². The lowest BCUT2D eigenvalue weighted by molar-refractivity contribution is 0.414. The lowest BCUT2D eigenvalue weighted by Crippen LogP contribution is -2.25. The Morgan fingerprint density at radius 2 is 2.16 bits per heavy atom. The Morgan fingerprint density at radius 1 is 1.37 bits per heavy atom. The van der Waals surface area contributed by atoms with Gasteiger partial charge in [0.25, 0.3) is 0 Å². The van der Waals surface area contributed by atoms with Gasteiger partial charge in [0.1, 0.15) is 0 Å². The Labute approximate surface area is 134 Å². The first-order chi connectivity index (χ1) is 9.08. The number of rotatable bonds is 5. The van der Waals surface area contributed by atoms with E-state index in [1.165, 1.54) is 4.88 Å². The lowest BCUT2D eigenvalue weighted by Gasteiger charge is -2.21. The van der Waals surface area contributed by atoms with Gasteiger partial charge in [0.2, 0.25) is 0 Å². The largest absolute Gasteiger partial charge is 0.303 e. The van der Waals surface area contributed by atoms with Crippen molar-refractivity contribution in [2.75, 3.05) is 0 Å². The molecule has 0 fully saturated rings. The molecule has 0 aliphatic carbocycles. The summed E-state index contributed by atoms with van der Waals surface area (Å²) in [6.45, 7) is 5.23. The molecule has 2 heterocycles. The molecule has 0 aliphatic heterocycles. The molecule has 5 heteroatoms. The number of hydrogen-bond acceptors (Lipinski definition) is 3. The fourth-order valence-corrected chi connectivity index (χ4v) is 4.01. The zero-order valence-corrected chi connectivity index (χ0v) is 14.8. The smallest absolute Gasteiger partial charge is 0.0684 e. The third kappa shape index (κ3) is 4.12. The van der Waals surface area contributed by atoms with E-state index in [1.807, 2.05) is 12.3 Å². The average molecular weight is 404 g/mol. The summed E-state index contributed by atoms with van der Waals surface area (Å²) in [6.07, 6.45) is 1.83.